The minimum Gasteiger partial charge on any atom is -0.322 e. The molecule has 1 fully saturated rings. The molecule has 0 saturated carbocycles. The Balaban J connectivity index is 1.68. The highest BCUT2D eigenvalue weighted by Gasteiger charge is 2.20. The molecule has 8 nitrogen and oxygen atoms in total. The van der Waals surface area contributed by atoms with Gasteiger partial charge in [0.1, 0.15) is 0 Å². The van der Waals surface area contributed by atoms with Gasteiger partial charge in [-0.3, -0.25) is 15.4 Å². The van der Waals surface area contributed by atoms with Crippen LogP contribution in [0.25, 0.3) is 11.3 Å². The fourth-order valence-electron chi connectivity index (χ4n) is 2.42. The van der Waals surface area contributed by atoms with Gasteiger partial charge < -0.3 is 9.80 Å². The van der Waals surface area contributed by atoms with Crippen LogP contribution in [0.4, 0.5) is 15.6 Å². The molecular weight excluding hydrogens is 330 g/mol. The monoisotopic (exact) mass is 347 g/mol. The van der Waals surface area contributed by atoms with Crippen LogP contribution in [0, 0.1) is 10.1 Å². The fraction of sp³-hybridized carbons (Fsp3) is 0.333. The second kappa shape index (κ2) is 6.93. The maximum atomic E-state index is 12.2. The van der Waals surface area contributed by atoms with E-state index in [0.29, 0.717) is 29.5 Å². The second-order valence-corrected chi connectivity index (χ2v) is 6.42. The van der Waals surface area contributed by atoms with E-state index in [-0.39, 0.29) is 11.7 Å². The number of nitro benzene ring substituents is 1. The van der Waals surface area contributed by atoms with E-state index < -0.39 is 4.92 Å². The van der Waals surface area contributed by atoms with E-state index in [1.807, 2.05) is 7.05 Å². The fourth-order valence-corrected chi connectivity index (χ4v) is 3.13. The lowest BCUT2D eigenvalue weighted by atomic mass is 10.1. The average Bonchev–Trinajstić information content (AvgIpc) is 3.04. The molecule has 24 heavy (non-hydrogen) atoms. The number of benzene rings is 1. The third-order valence-electron chi connectivity index (χ3n) is 3.86. The quantitative estimate of drug-likeness (QED) is 0.680. The lowest BCUT2D eigenvalue weighted by Crippen LogP contribution is -2.48. The average molecular weight is 347 g/mol. The zero-order valence-corrected chi connectivity index (χ0v) is 14.0. The number of nitrogens with zero attached hydrogens (tertiary/aromatic N) is 4. The van der Waals surface area contributed by atoms with Gasteiger partial charge in [0.15, 0.2) is 5.13 Å². The Bertz CT molecular complexity index is 755. The Hall–Kier alpha value is -2.52. The molecule has 2 amide bonds. The van der Waals surface area contributed by atoms with Crippen LogP contribution in [-0.2, 0) is 0 Å². The summed E-state index contributed by atoms with van der Waals surface area (Å²) in [7, 11) is 2.03. The van der Waals surface area contributed by atoms with Crippen molar-refractivity contribution in [2.24, 2.45) is 0 Å². The van der Waals surface area contributed by atoms with Crippen molar-refractivity contribution in [1.82, 2.24) is 14.8 Å². The summed E-state index contributed by atoms with van der Waals surface area (Å²) in [4.78, 5) is 30.9. The van der Waals surface area contributed by atoms with Gasteiger partial charge in [-0.25, -0.2) is 9.78 Å². The number of thiazole rings is 1. The van der Waals surface area contributed by atoms with E-state index in [2.05, 4.69) is 15.2 Å². The Morgan fingerprint density at radius 2 is 2.08 bits per heavy atom. The van der Waals surface area contributed by atoms with Crippen LogP contribution in [0.5, 0.6) is 0 Å². The van der Waals surface area contributed by atoms with Gasteiger partial charge in [0.2, 0.25) is 0 Å². The van der Waals surface area contributed by atoms with Crippen molar-refractivity contribution in [3.8, 4) is 11.3 Å². The summed E-state index contributed by atoms with van der Waals surface area (Å²) in [5.41, 5.74) is 1.28. The SMILES string of the molecule is CN1CCN(C(=O)Nc2nc(-c3cccc([N+](=O)[O-])c3)cs2)CC1. The molecule has 1 aromatic heterocycles. The molecule has 0 aliphatic carbocycles. The highest BCUT2D eigenvalue weighted by atomic mass is 32.1. The molecule has 2 heterocycles. The molecule has 1 aliphatic rings. The Kier molecular flexibility index (Phi) is 4.72. The predicted octanol–water partition coefficient (Wildman–Crippen LogP) is 2.50. The minimum absolute atomic E-state index is 0.0172. The third-order valence-corrected chi connectivity index (χ3v) is 4.62. The number of nitro groups is 1. The number of piperazine rings is 1. The lowest BCUT2D eigenvalue weighted by molar-refractivity contribution is -0.384. The van der Waals surface area contributed by atoms with Gasteiger partial charge in [0.25, 0.3) is 5.69 Å². The van der Waals surface area contributed by atoms with E-state index in [4.69, 9.17) is 0 Å². The largest absolute Gasteiger partial charge is 0.323 e. The molecule has 1 saturated heterocycles. The normalized spacial score (nSPS) is 15.3. The summed E-state index contributed by atoms with van der Waals surface area (Å²) in [6.07, 6.45) is 0. The van der Waals surface area contributed by atoms with Crippen molar-refractivity contribution in [2.75, 3.05) is 38.5 Å². The minimum atomic E-state index is -0.439. The first-order chi connectivity index (χ1) is 11.5. The van der Waals surface area contributed by atoms with Gasteiger partial charge in [-0.1, -0.05) is 12.1 Å². The Morgan fingerprint density at radius 1 is 1.33 bits per heavy atom. The van der Waals surface area contributed by atoms with E-state index in [0.717, 1.165) is 13.1 Å². The van der Waals surface area contributed by atoms with Crippen LogP contribution in [0.15, 0.2) is 29.6 Å². The molecule has 1 aliphatic heterocycles. The standard InChI is InChI=1S/C15H17N5O3S/c1-18-5-7-19(8-6-18)15(21)17-14-16-13(10-24-14)11-3-2-4-12(9-11)20(22)23/h2-4,9-10H,5-8H2,1H3,(H,16,17,21). The van der Waals surface area contributed by atoms with Crippen LogP contribution < -0.4 is 5.32 Å². The van der Waals surface area contributed by atoms with E-state index in [9.17, 15) is 14.9 Å². The maximum absolute atomic E-state index is 12.2. The predicted molar refractivity (Wildman–Crippen MR) is 92.3 cm³/mol. The highest BCUT2D eigenvalue weighted by Crippen LogP contribution is 2.27. The van der Waals surface area contributed by atoms with Crippen molar-refractivity contribution in [3.63, 3.8) is 0 Å². The number of likely N-dealkylation sites (N-methyl/N-ethyl adjacent to an activating group) is 1. The number of amides is 2. The number of urea groups is 1. The molecule has 0 bridgehead atoms. The molecule has 1 aromatic carbocycles. The highest BCUT2D eigenvalue weighted by molar-refractivity contribution is 7.14. The molecule has 3 rings (SSSR count). The van der Waals surface area contributed by atoms with Crippen LogP contribution in [-0.4, -0.2) is 59.0 Å². The van der Waals surface area contributed by atoms with Crippen molar-refractivity contribution < 1.29 is 9.72 Å². The van der Waals surface area contributed by atoms with Gasteiger partial charge in [-0.15, -0.1) is 11.3 Å². The number of nitrogens with one attached hydrogen (secondary N) is 1. The molecule has 0 atom stereocenters. The first-order valence-electron chi connectivity index (χ1n) is 7.48. The second-order valence-electron chi connectivity index (χ2n) is 5.57. The third kappa shape index (κ3) is 3.69. The van der Waals surface area contributed by atoms with Gasteiger partial charge >= 0.3 is 6.03 Å². The molecular formula is C15H17N5O3S. The topological polar surface area (TPSA) is 91.6 Å². The summed E-state index contributed by atoms with van der Waals surface area (Å²) in [6.45, 7) is 3.07. The van der Waals surface area contributed by atoms with Gasteiger partial charge in [-0.05, 0) is 7.05 Å². The molecule has 126 valence electrons. The van der Waals surface area contributed by atoms with Gasteiger partial charge in [0, 0.05) is 49.3 Å². The summed E-state index contributed by atoms with van der Waals surface area (Å²) in [6, 6.07) is 6.12. The van der Waals surface area contributed by atoms with E-state index in [1.165, 1.54) is 23.5 Å². The zero-order valence-electron chi connectivity index (χ0n) is 13.1. The number of rotatable bonds is 3. The number of carbonyl (C=O) groups is 1. The number of hydrogen-bond donors (Lipinski definition) is 1. The van der Waals surface area contributed by atoms with E-state index >= 15 is 0 Å². The number of non-ortho nitro benzene ring substituents is 1. The Morgan fingerprint density at radius 3 is 2.79 bits per heavy atom. The number of carbonyl (C=O) groups excluding carboxylic acids is 1. The smallest absolute Gasteiger partial charge is 0.322 e. The summed E-state index contributed by atoms with van der Waals surface area (Å²) >= 11 is 1.30. The van der Waals surface area contributed by atoms with Crippen molar-refractivity contribution >= 4 is 28.2 Å². The molecule has 9 heteroatoms. The molecule has 1 N–H and O–H groups in total. The summed E-state index contributed by atoms with van der Waals surface area (Å²) in [5.74, 6) is 0. The number of anilines is 1. The van der Waals surface area contributed by atoms with Crippen LogP contribution >= 0.6 is 11.3 Å². The van der Waals surface area contributed by atoms with Gasteiger partial charge in [-0.2, -0.15) is 0 Å². The van der Waals surface area contributed by atoms with Crippen molar-refractivity contribution in [1.29, 1.82) is 0 Å². The molecule has 2 aromatic rings. The molecule has 0 unspecified atom stereocenters. The zero-order chi connectivity index (χ0) is 17.1. The molecule has 0 radical (unpaired) electrons. The maximum Gasteiger partial charge on any atom is 0.323 e. The van der Waals surface area contributed by atoms with E-state index in [1.54, 1.807) is 22.4 Å². The lowest BCUT2D eigenvalue weighted by Gasteiger charge is -2.32. The number of hydrogen-bond acceptors (Lipinski definition) is 6. The summed E-state index contributed by atoms with van der Waals surface area (Å²) in [5, 5.41) is 15.9. The summed E-state index contributed by atoms with van der Waals surface area (Å²) < 4.78 is 0. The van der Waals surface area contributed by atoms with Crippen molar-refractivity contribution in [2.45, 2.75) is 0 Å². The van der Waals surface area contributed by atoms with Gasteiger partial charge in [0.05, 0.1) is 10.6 Å². The van der Waals surface area contributed by atoms with Crippen LogP contribution in [0.2, 0.25) is 0 Å². The first kappa shape index (κ1) is 16.3. The van der Waals surface area contributed by atoms with Crippen LogP contribution in [0.3, 0.4) is 0 Å². The first-order valence-corrected chi connectivity index (χ1v) is 8.36. The number of aromatic nitrogens is 1. The Labute approximate surface area is 142 Å². The van der Waals surface area contributed by atoms with Crippen LogP contribution in [0.1, 0.15) is 0 Å². The van der Waals surface area contributed by atoms with Crippen molar-refractivity contribution in [3.05, 3.63) is 39.8 Å². The molecule has 0 spiro atoms.